The van der Waals surface area contributed by atoms with Crippen LogP contribution in [0.5, 0.6) is 11.5 Å². The lowest BCUT2D eigenvalue weighted by molar-refractivity contribution is 0.0949. The van der Waals surface area contributed by atoms with Crippen molar-refractivity contribution in [2.75, 3.05) is 13.2 Å². The molecule has 0 aliphatic carbocycles. The van der Waals surface area contributed by atoms with Crippen LogP contribution in [0.2, 0.25) is 5.02 Å². The van der Waals surface area contributed by atoms with Crippen LogP contribution in [0, 0.1) is 0 Å². The molecule has 0 saturated heterocycles. The second-order valence-electron chi connectivity index (χ2n) is 5.79. The highest BCUT2D eigenvalue weighted by Gasteiger charge is 2.19. The number of nitrogens with zero attached hydrogens (tertiary/aromatic N) is 2. The molecule has 2 heterocycles. The van der Waals surface area contributed by atoms with Crippen LogP contribution in [0.4, 0.5) is 0 Å². The Morgan fingerprint density at radius 1 is 1.19 bits per heavy atom. The lowest BCUT2D eigenvalue weighted by Gasteiger charge is -2.20. The number of fused-ring (bicyclic) bond motifs is 1. The molecule has 0 unspecified atom stereocenters. The van der Waals surface area contributed by atoms with Crippen molar-refractivity contribution in [3.63, 3.8) is 0 Å². The third-order valence-corrected chi connectivity index (χ3v) is 4.25. The van der Waals surface area contributed by atoms with Crippen LogP contribution in [0.3, 0.4) is 0 Å². The number of aromatic nitrogens is 2. The fraction of sp³-hybridized carbons (Fsp3) is 0.158. The first-order valence-corrected chi connectivity index (χ1v) is 8.55. The van der Waals surface area contributed by atoms with E-state index >= 15 is 0 Å². The molecule has 1 amide bonds. The summed E-state index contributed by atoms with van der Waals surface area (Å²) in [7, 11) is 0. The zero-order valence-corrected chi connectivity index (χ0v) is 14.6. The number of ether oxygens (including phenoxy) is 2. The van der Waals surface area contributed by atoms with Crippen LogP contribution in [0.15, 0.2) is 54.9 Å². The largest absolute Gasteiger partial charge is 0.486 e. The number of benzene rings is 2. The standard InChI is InChI=1S/C19H16ClN3O3/c20-16-8-14(9-17-18(16)26-7-6-25-17)19(24)21-10-13-11-22-23(12-13)15-4-2-1-3-5-15/h1-5,8-9,11-12H,6-7,10H2,(H,21,24). The van der Waals surface area contributed by atoms with Crippen LogP contribution in [-0.2, 0) is 6.54 Å². The molecule has 2 aromatic carbocycles. The van der Waals surface area contributed by atoms with E-state index in [0.29, 0.717) is 41.8 Å². The first-order valence-electron chi connectivity index (χ1n) is 8.17. The van der Waals surface area contributed by atoms with E-state index in [1.165, 1.54) is 0 Å². The van der Waals surface area contributed by atoms with Crippen LogP contribution in [-0.4, -0.2) is 28.9 Å². The number of carbonyl (C=O) groups excluding carboxylic acids is 1. The van der Waals surface area contributed by atoms with Gasteiger partial charge in [-0.25, -0.2) is 4.68 Å². The second-order valence-corrected chi connectivity index (χ2v) is 6.20. The lowest BCUT2D eigenvalue weighted by atomic mass is 10.1. The molecule has 6 nitrogen and oxygen atoms in total. The maximum Gasteiger partial charge on any atom is 0.251 e. The third-order valence-electron chi connectivity index (χ3n) is 3.97. The minimum atomic E-state index is -0.240. The Bertz CT molecular complexity index is 940. The third kappa shape index (κ3) is 3.36. The highest BCUT2D eigenvalue weighted by molar-refractivity contribution is 6.32. The number of halogens is 1. The topological polar surface area (TPSA) is 65.4 Å². The fourth-order valence-electron chi connectivity index (χ4n) is 2.70. The van der Waals surface area contributed by atoms with Crippen molar-refractivity contribution >= 4 is 17.5 Å². The van der Waals surface area contributed by atoms with Crippen LogP contribution in [0.25, 0.3) is 5.69 Å². The summed E-state index contributed by atoms with van der Waals surface area (Å²) in [6, 6.07) is 13.0. The first-order chi connectivity index (χ1) is 12.7. The summed E-state index contributed by atoms with van der Waals surface area (Å²) in [5.74, 6) is 0.737. The molecule has 3 aromatic rings. The van der Waals surface area contributed by atoms with Crippen molar-refractivity contribution in [2.45, 2.75) is 6.54 Å². The molecule has 0 radical (unpaired) electrons. The van der Waals surface area contributed by atoms with E-state index in [4.69, 9.17) is 21.1 Å². The van der Waals surface area contributed by atoms with Crippen LogP contribution in [0.1, 0.15) is 15.9 Å². The van der Waals surface area contributed by atoms with Gasteiger partial charge in [0.15, 0.2) is 11.5 Å². The Morgan fingerprint density at radius 2 is 2.00 bits per heavy atom. The van der Waals surface area contributed by atoms with Gasteiger partial charge in [0, 0.05) is 23.9 Å². The van der Waals surface area contributed by atoms with Gasteiger partial charge in [0.1, 0.15) is 13.2 Å². The van der Waals surface area contributed by atoms with Crippen LogP contribution >= 0.6 is 11.6 Å². The molecular weight excluding hydrogens is 354 g/mol. The van der Waals surface area contributed by atoms with Gasteiger partial charge in [-0.15, -0.1) is 0 Å². The Kier molecular flexibility index (Phi) is 4.50. The Morgan fingerprint density at radius 3 is 2.85 bits per heavy atom. The van der Waals surface area contributed by atoms with Gasteiger partial charge in [0.05, 0.1) is 16.9 Å². The highest BCUT2D eigenvalue weighted by atomic mass is 35.5. The number of amides is 1. The molecule has 1 aliphatic rings. The SMILES string of the molecule is O=C(NCc1cnn(-c2ccccc2)c1)c1cc(Cl)c2c(c1)OCCO2. The van der Waals surface area contributed by atoms with Crippen molar-refractivity contribution in [3.8, 4) is 17.2 Å². The summed E-state index contributed by atoms with van der Waals surface area (Å²) in [4.78, 5) is 12.4. The van der Waals surface area contributed by atoms with Crippen molar-refractivity contribution in [1.82, 2.24) is 15.1 Å². The van der Waals surface area contributed by atoms with Crippen molar-refractivity contribution in [1.29, 1.82) is 0 Å². The van der Waals surface area contributed by atoms with Crippen molar-refractivity contribution < 1.29 is 14.3 Å². The summed E-state index contributed by atoms with van der Waals surface area (Å²) >= 11 is 6.18. The van der Waals surface area contributed by atoms with Crippen molar-refractivity contribution in [3.05, 3.63) is 71.0 Å². The predicted molar refractivity (Wildman–Crippen MR) is 97.2 cm³/mol. The van der Waals surface area contributed by atoms with Gasteiger partial charge in [-0.2, -0.15) is 5.10 Å². The minimum absolute atomic E-state index is 0.240. The number of para-hydroxylation sites is 1. The molecule has 7 heteroatoms. The average molecular weight is 370 g/mol. The Hall–Kier alpha value is -2.99. The van der Waals surface area contributed by atoms with Crippen molar-refractivity contribution in [2.24, 2.45) is 0 Å². The summed E-state index contributed by atoms with van der Waals surface area (Å²) < 4.78 is 12.7. The lowest BCUT2D eigenvalue weighted by Crippen LogP contribution is -2.23. The average Bonchev–Trinajstić information content (AvgIpc) is 3.16. The number of hydrogen-bond acceptors (Lipinski definition) is 4. The van der Waals surface area contributed by atoms with E-state index in [1.54, 1.807) is 23.0 Å². The number of carbonyl (C=O) groups is 1. The molecular formula is C19H16ClN3O3. The molecule has 1 aromatic heterocycles. The Labute approximate surface area is 155 Å². The summed E-state index contributed by atoms with van der Waals surface area (Å²) in [5.41, 5.74) is 2.28. The maximum atomic E-state index is 12.4. The number of hydrogen-bond donors (Lipinski definition) is 1. The van der Waals surface area contributed by atoms with E-state index in [-0.39, 0.29) is 5.91 Å². The molecule has 0 saturated carbocycles. The van der Waals surface area contributed by atoms with Gasteiger partial charge in [0.2, 0.25) is 0 Å². The van der Waals surface area contributed by atoms with Gasteiger partial charge in [-0.3, -0.25) is 4.79 Å². The molecule has 0 fully saturated rings. The number of rotatable bonds is 4. The molecule has 26 heavy (non-hydrogen) atoms. The zero-order chi connectivity index (χ0) is 17.9. The van der Waals surface area contributed by atoms with E-state index < -0.39 is 0 Å². The second kappa shape index (κ2) is 7.09. The minimum Gasteiger partial charge on any atom is -0.486 e. The van der Waals surface area contributed by atoms with Gasteiger partial charge in [0.25, 0.3) is 5.91 Å². The molecule has 1 N–H and O–H groups in total. The molecule has 0 bridgehead atoms. The molecule has 132 valence electrons. The first kappa shape index (κ1) is 16.5. The summed E-state index contributed by atoms with van der Waals surface area (Å²) in [6.07, 6.45) is 3.61. The van der Waals surface area contributed by atoms with Crippen LogP contribution < -0.4 is 14.8 Å². The fourth-order valence-corrected chi connectivity index (χ4v) is 2.96. The molecule has 0 atom stereocenters. The van der Waals surface area contributed by atoms with E-state index in [0.717, 1.165) is 11.3 Å². The quantitative estimate of drug-likeness (QED) is 0.766. The molecule has 4 rings (SSSR count). The monoisotopic (exact) mass is 369 g/mol. The van der Waals surface area contributed by atoms with Gasteiger partial charge >= 0.3 is 0 Å². The summed E-state index contributed by atoms with van der Waals surface area (Å²) in [6.45, 7) is 1.24. The van der Waals surface area contributed by atoms with E-state index in [9.17, 15) is 4.79 Å². The van der Waals surface area contributed by atoms with E-state index in [2.05, 4.69) is 10.4 Å². The molecule has 1 aliphatic heterocycles. The smallest absolute Gasteiger partial charge is 0.251 e. The highest BCUT2D eigenvalue weighted by Crippen LogP contribution is 2.38. The normalized spacial score (nSPS) is 12.7. The molecule has 0 spiro atoms. The van der Waals surface area contributed by atoms with Gasteiger partial charge < -0.3 is 14.8 Å². The number of nitrogens with one attached hydrogen (secondary N) is 1. The zero-order valence-electron chi connectivity index (χ0n) is 13.8. The van der Waals surface area contributed by atoms with Gasteiger partial charge in [-0.05, 0) is 24.3 Å². The maximum absolute atomic E-state index is 12.4. The van der Waals surface area contributed by atoms with E-state index in [1.807, 2.05) is 36.5 Å². The predicted octanol–water partition coefficient (Wildman–Crippen LogP) is 3.23. The Balaban J connectivity index is 1.45. The summed E-state index contributed by atoms with van der Waals surface area (Å²) in [5, 5.41) is 7.55. The van der Waals surface area contributed by atoms with Gasteiger partial charge in [-0.1, -0.05) is 29.8 Å².